The third-order valence-corrected chi connectivity index (χ3v) is 3.48. The Morgan fingerprint density at radius 3 is 2.73 bits per heavy atom. The van der Waals surface area contributed by atoms with Crippen molar-refractivity contribution in [1.82, 2.24) is 15.0 Å². The number of carbonyl (C=O) groups is 1. The van der Waals surface area contributed by atoms with Crippen molar-refractivity contribution < 1.29 is 9.53 Å². The molecule has 0 radical (unpaired) electrons. The zero-order chi connectivity index (χ0) is 15.5. The maximum Gasteiger partial charge on any atom is 0.309 e. The molecule has 2 atom stereocenters. The number of carbonyl (C=O) groups excluding carboxylic acids is 1. The molecule has 1 heterocycles. The Bertz CT molecular complexity index is 677. The van der Waals surface area contributed by atoms with Crippen LogP contribution < -0.4 is 11.1 Å². The Kier molecular flexibility index (Phi) is 3.86. The third kappa shape index (κ3) is 3.49. The molecule has 0 unspecified atom stereocenters. The first-order chi connectivity index (χ1) is 10.6. The molecule has 3 rings (SSSR count). The minimum atomic E-state index is -0.205. The summed E-state index contributed by atoms with van der Waals surface area (Å²) in [5.41, 5.74) is 6.51. The fourth-order valence-electron chi connectivity index (χ4n) is 2.10. The largest absolute Gasteiger partial charge is 0.457 e. The maximum absolute atomic E-state index is 11.7. The zero-order valence-electron chi connectivity index (χ0n) is 12.2. The quantitative estimate of drug-likeness (QED) is 0.812. The van der Waals surface area contributed by atoms with Crippen LogP contribution in [-0.2, 0) is 16.1 Å². The fraction of sp³-hybridized carbons (Fsp3) is 0.333. The van der Waals surface area contributed by atoms with Crippen LogP contribution in [0.2, 0.25) is 0 Å². The first-order valence-corrected chi connectivity index (χ1v) is 7.11. The number of nitrogen functional groups attached to an aromatic ring is 1. The number of anilines is 3. The van der Waals surface area contributed by atoms with Crippen molar-refractivity contribution in [1.29, 1.82) is 0 Å². The number of benzene rings is 1. The standard InChI is InChI=1S/C15H17N5O2/c1-9-7-11(9)13(21)22-8-12-18-14(16)20-15(19-12)17-10-5-3-2-4-6-10/h2-6,9,11H,7-8H2,1H3,(H3,16,17,18,19,20)/t9-,11+/m0/s1. The van der Waals surface area contributed by atoms with Gasteiger partial charge in [0.1, 0.15) is 0 Å². The molecule has 1 aromatic carbocycles. The number of nitrogens with zero attached hydrogens (tertiary/aromatic N) is 3. The van der Waals surface area contributed by atoms with Gasteiger partial charge in [-0.05, 0) is 24.5 Å². The summed E-state index contributed by atoms with van der Waals surface area (Å²) in [6, 6.07) is 9.47. The molecule has 0 amide bonds. The highest BCUT2D eigenvalue weighted by Gasteiger charge is 2.40. The van der Waals surface area contributed by atoms with Crippen LogP contribution in [0.4, 0.5) is 17.6 Å². The molecule has 22 heavy (non-hydrogen) atoms. The molecule has 114 valence electrons. The van der Waals surface area contributed by atoms with Crippen LogP contribution in [0.3, 0.4) is 0 Å². The predicted molar refractivity (Wildman–Crippen MR) is 81.0 cm³/mol. The van der Waals surface area contributed by atoms with Crippen molar-refractivity contribution in [2.24, 2.45) is 11.8 Å². The Hall–Kier alpha value is -2.70. The van der Waals surface area contributed by atoms with Gasteiger partial charge in [0.05, 0.1) is 5.92 Å². The van der Waals surface area contributed by atoms with E-state index in [2.05, 4.69) is 20.3 Å². The van der Waals surface area contributed by atoms with Crippen LogP contribution in [0.5, 0.6) is 0 Å². The second-order valence-corrected chi connectivity index (χ2v) is 5.35. The fourth-order valence-corrected chi connectivity index (χ4v) is 2.10. The van der Waals surface area contributed by atoms with Gasteiger partial charge in [-0.25, -0.2) is 0 Å². The molecular weight excluding hydrogens is 282 g/mol. The van der Waals surface area contributed by atoms with Gasteiger partial charge in [0, 0.05) is 5.69 Å². The van der Waals surface area contributed by atoms with E-state index < -0.39 is 0 Å². The molecule has 1 aliphatic rings. The molecule has 2 aromatic rings. The summed E-state index contributed by atoms with van der Waals surface area (Å²) in [6.45, 7) is 2.02. The highest BCUT2D eigenvalue weighted by Crippen LogP contribution is 2.38. The Balaban J connectivity index is 1.66. The van der Waals surface area contributed by atoms with Crippen molar-refractivity contribution in [3.63, 3.8) is 0 Å². The molecule has 1 saturated carbocycles. The maximum atomic E-state index is 11.7. The van der Waals surface area contributed by atoms with Gasteiger partial charge in [0.25, 0.3) is 0 Å². The number of nitrogens with one attached hydrogen (secondary N) is 1. The lowest BCUT2D eigenvalue weighted by Crippen LogP contribution is -2.12. The summed E-state index contributed by atoms with van der Waals surface area (Å²) in [4.78, 5) is 23.9. The molecule has 7 heteroatoms. The van der Waals surface area contributed by atoms with Gasteiger partial charge in [-0.3, -0.25) is 4.79 Å². The number of aromatic nitrogens is 3. The Morgan fingerprint density at radius 2 is 2.05 bits per heavy atom. The normalized spacial score (nSPS) is 19.5. The van der Waals surface area contributed by atoms with Gasteiger partial charge in [-0.2, -0.15) is 15.0 Å². The summed E-state index contributed by atoms with van der Waals surface area (Å²) in [5, 5.41) is 3.03. The molecular formula is C15H17N5O2. The van der Waals surface area contributed by atoms with E-state index in [4.69, 9.17) is 10.5 Å². The molecule has 0 bridgehead atoms. The smallest absolute Gasteiger partial charge is 0.309 e. The minimum Gasteiger partial charge on any atom is -0.457 e. The second-order valence-electron chi connectivity index (χ2n) is 5.35. The molecule has 1 aliphatic carbocycles. The average molecular weight is 299 g/mol. The van der Waals surface area contributed by atoms with E-state index in [1.54, 1.807) is 0 Å². The van der Waals surface area contributed by atoms with Gasteiger partial charge in [-0.1, -0.05) is 25.1 Å². The third-order valence-electron chi connectivity index (χ3n) is 3.48. The van der Waals surface area contributed by atoms with E-state index in [1.165, 1.54) is 0 Å². The van der Waals surface area contributed by atoms with Crippen molar-refractivity contribution in [3.8, 4) is 0 Å². The summed E-state index contributed by atoms with van der Waals surface area (Å²) in [6.07, 6.45) is 0.888. The monoisotopic (exact) mass is 299 g/mol. The first-order valence-electron chi connectivity index (χ1n) is 7.11. The van der Waals surface area contributed by atoms with Crippen molar-refractivity contribution >= 4 is 23.6 Å². The molecule has 1 aromatic heterocycles. The van der Waals surface area contributed by atoms with Crippen LogP contribution in [0.1, 0.15) is 19.2 Å². The summed E-state index contributed by atoms with van der Waals surface area (Å²) in [7, 11) is 0. The summed E-state index contributed by atoms with van der Waals surface area (Å²) in [5.74, 6) is 0.952. The lowest BCUT2D eigenvalue weighted by molar-refractivity contribution is -0.147. The molecule has 0 saturated heterocycles. The van der Waals surface area contributed by atoms with Crippen molar-refractivity contribution in [2.45, 2.75) is 20.0 Å². The highest BCUT2D eigenvalue weighted by atomic mass is 16.5. The molecule has 7 nitrogen and oxygen atoms in total. The second kappa shape index (κ2) is 5.97. The highest BCUT2D eigenvalue weighted by molar-refractivity contribution is 5.75. The zero-order valence-corrected chi connectivity index (χ0v) is 12.2. The predicted octanol–water partition coefficient (Wildman–Crippen LogP) is 1.90. The van der Waals surface area contributed by atoms with Gasteiger partial charge in [-0.15, -0.1) is 0 Å². The lowest BCUT2D eigenvalue weighted by atomic mass is 10.3. The molecule has 0 aliphatic heterocycles. The van der Waals surface area contributed by atoms with E-state index in [0.29, 0.717) is 17.7 Å². The van der Waals surface area contributed by atoms with Gasteiger partial charge >= 0.3 is 5.97 Å². The SMILES string of the molecule is C[C@H]1C[C@H]1C(=O)OCc1nc(N)nc(Nc2ccccc2)n1. The number of ether oxygens (including phenoxy) is 1. The van der Waals surface area contributed by atoms with Crippen molar-refractivity contribution in [2.75, 3.05) is 11.1 Å². The first kappa shape index (κ1) is 14.2. The number of para-hydroxylation sites is 1. The molecule has 3 N–H and O–H groups in total. The topological polar surface area (TPSA) is 103 Å². The van der Waals surface area contributed by atoms with Crippen LogP contribution in [-0.4, -0.2) is 20.9 Å². The minimum absolute atomic E-state index is 0.00174. The number of nitrogens with two attached hydrogens (primary N) is 1. The number of esters is 1. The van der Waals surface area contributed by atoms with Crippen LogP contribution in [0.15, 0.2) is 30.3 Å². The summed E-state index contributed by atoms with van der Waals surface area (Å²) >= 11 is 0. The van der Waals surface area contributed by atoms with E-state index in [-0.39, 0.29) is 24.4 Å². The van der Waals surface area contributed by atoms with Crippen LogP contribution >= 0.6 is 0 Å². The number of hydrogen-bond donors (Lipinski definition) is 2. The number of hydrogen-bond acceptors (Lipinski definition) is 7. The molecule has 1 fully saturated rings. The lowest BCUT2D eigenvalue weighted by Gasteiger charge is -2.07. The number of rotatable bonds is 5. The average Bonchev–Trinajstić information content (AvgIpc) is 3.22. The summed E-state index contributed by atoms with van der Waals surface area (Å²) < 4.78 is 5.21. The van der Waals surface area contributed by atoms with Crippen LogP contribution in [0, 0.1) is 11.8 Å². The Morgan fingerprint density at radius 1 is 1.32 bits per heavy atom. The van der Waals surface area contributed by atoms with Gasteiger partial charge < -0.3 is 15.8 Å². The molecule has 0 spiro atoms. The Labute approximate surface area is 127 Å². The van der Waals surface area contributed by atoms with E-state index in [1.807, 2.05) is 37.3 Å². The van der Waals surface area contributed by atoms with Crippen LogP contribution in [0.25, 0.3) is 0 Å². The van der Waals surface area contributed by atoms with E-state index >= 15 is 0 Å². The van der Waals surface area contributed by atoms with E-state index in [0.717, 1.165) is 12.1 Å². The van der Waals surface area contributed by atoms with Crippen molar-refractivity contribution in [3.05, 3.63) is 36.2 Å². The van der Waals surface area contributed by atoms with Gasteiger partial charge in [0.2, 0.25) is 11.9 Å². The van der Waals surface area contributed by atoms with Gasteiger partial charge in [0.15, 0.2) is 12.4 Å². The van der Waals surface area contributed by atoms with E-state index in [9.17, 15) is 4.79 Å².